The Balaban J connectivity index is 2.06. The second kappa shape index (κ2) is 7.31. The zero-order valence-electron chi connectivity index (χ0n) is 13.8. The normalized spacial score (nSPS) is 17.2. The van der Waals surface area contributed by atoms with Crippen molar-refractivity contribution in [3.05, 3.63) is 24.3 Å². The Kier molecular flexibility index (Phi) is 5.64. The molecule has 1 N–H and O–H groups in total. The van der Waals surface area contributed by atoms with Gasteiger partial charge < -0.3 is 10.1 Å². The average molecular weight is 340 g/mol. The molecule has 128 valence electrons. The Bertz CT molecular complexity index is 633. The molecule has 6 nitrogen and oxygen atoms in total. The summed E-state index contributed by atoms with van der Waals surface area (Å²) in [4.78, 5) is 11.9. The van der Waals surface area contributed by atoms with E-state index in [0.29, 0.717) is 31.7 Å². The zero-order valence-corrected chi connectivity index (χ0v) is 14.6. The molecule has 0 radical (unpaired) electrons. The van der Waals surface area contributed by atoms with Gasteiger partial charge in [0.1, 0.15) is 5.75 Å². The highest BCUT2D eigenvalue weighted by molar-refractivity contribution is 7.89. The van der Waals surface area contributed by atoms with E-state index in [4.69, 9.17) is 4.74 Å². The second-order valence-electron chi connectivity index (χ2n) is 5.93. The van der Waals surface area contributed by atoms with Crippen LogP contribution in [-0.4, -0.2) is 44.9 Å². The van der Waals surface area contributed by atoms with Gasteiger partial charge in [0.05, 0.1) is 11.0 Å². The summed E-state index contributed by atoms with van der Waals surface area (Å²) in [5, 5.41) is 2.62. The van der Waals surface area contributed by atoms with E-state index in [1.165, 1.54) is 4.31 Å². The lowest BCUT2D eigenvalue weighted by Crippen LogP contribution is -2.42. The third kappa shape index (κ3) is 4.23. The molecule has 0 atom stereocenters. The van der Waals surface area contributed by atoms with Gasteiger partial charge in [0.15, 0.2) is 0 Å². The van der Waals surface area contributed by atoms with Crippen LogP contribution in [0.3, 0.4) is 0 Å². The van der Waals surface area contributed by atoms with Gasteiger partial charge in [-0.25, -0.2) is 8.42 Å². The Hall–Kier alpha value is -1.60. The van der Waals surface area contributed by atoms with E-state index in [2.05, 4.69) is 5.32 Å². The third-order valence-corrected chi connectivity index (χ3v) is 5.82. The van der Waals surface area contributed by atoms with E-state index in [-0.39, 0.29) is 22.8 Å². The van der Waals surface area contributed by atoms with Crippen molar-refractivity contribution in [1.29, 1.82) is 0 Å². The first kappa shape index (κ1) is 17.7. The Morgan fingerprint density at radius 3 is 2.26 bits per heavy atom. The quantitative estimate of drug-likeness (QED) is 0.884. The molecule has 0 unspecified atom stereocenters. The molecule has 1 aliphatic heterocycles. The Morgan fingerprint density at radius 1 is 1.22 bits per heavy atom. The molecule has 1 heterocycles. The number of carbonyl (C=O) groups excluding carboxylic acids is 1. The minimum Gasteiger partial charge on any atom is -0.491 e. The topological polar surface area (TPSA) is 75.7 Å². The predicted molar refractivity (Wildman–Crippen MR) is 87.8 cm³/mol. The van der Waals surface area contributed by atoms with Gasteiger partial charge in [-0.05, 0) is 51.0 Å². The highest BCUT2D eigenvalue weighted by Crippen LogP contribution is 2.25. The number of rotatable bonds is 5. The predicted octanol–water partition coefficient (Wildman–Crippen LogP) is 1.62. The Morgan fingerprint density at radius 2 is 1.78 bits per heavy atom. The molecule has 1 saturated heterocycles. The van der Waals surface area contributed by atoms with Crippen molar-refractivity contribution in [2.75, 3.05) is 20.1 Å². The van der Waals surface area contributed by atoms with Crippen LogP contribution in [0.4, 0.5) is 0 Å². The van der Waals surface area contributed by atoms with Crippen LogP contribution >= 0.6 is 0 Å². The fourth-order valence-corrected chi connectivity index (χ4v) is 4.14. The maximum absolute atomic E-state index is 12.7. The number of hydrogen-bond acceptors (Lipinski definition) is 4. The summed E-state index contributed by atoms with van der Waals surface area (Å²) in [5.41, 5.74) is 0. The smallest absolute Gasteiger partial charge is 0.243 e. The van der Waals surface area contributed by atoms with Crippen LogP contribution in [0.15, 0.2) is 29.2 Å². The van der Waals surface area contributed by atoms with Crippen molar-refractivity contribution >= 4 is 15.9 Å². The summed E-state index contributed by atoms with van der Waals surface area (Å²) in [5.74, 6) is 0.530. The SMILES string of the molecule is CNC(=O)C1CCN(S(=O)(=O)c2ccc(OC(C)C)cc2)CC1. The number of ether oxygens (including phenoxy) is 1. The number of hydrogen-bond donors (Lipinski definition) is 1. The van der Waals surface area contributed by atoms with Gasteiger partial charge in [0.25, 0.3) is 0 Å². The van der Waals surface area contributed by atoms with Gasteiger partial charge >= 0.3 is 0 Å². The highest BCUT2D eigenvalue weighted by Gasteiger charge is 2.31. The van der Waals surface area contributed by atoms with E-state index in [9.17, 15) is 13.2 Å². The molecule has 1 aromatic carbocycles. The van der Waals surface area contributed by atoms with Crippen molar-refractivity contribution in [1.82, 2.24) is 9.62 Å². The molecule has 1 fully saturated rings. The van der Waals surface area contributed by atoms with Crippen LogP contribution in [0.5, 0.6) is 5.75 Å². The van der Waals surface area contributed by atoms with Crippen molar-refractivity contribution in [2.24, 2.45) is 5.92 Å². The first-order chi connectivity index (χ1) is 10.8. The molecule has 0 aliphatic carbocycles. The number of amides is 1. The van der Waals surface area contributed by atoms with Crippen LogP contribution in [0.1, 0.15) is 26.7 Å². The largest absolute Gasteiger partial charge is 0.491 e. The molecule has 23 heavy (non-hydrogen) atoms. The molecule has 0 saturated carbocycles. The van der Waals surface area contributed by atoms with Crippen LogP contribution in [0.2, 0.25) is 0 Å². The van der Waals surface area contributed by atoms with E-state index in [0.717, 1.165) is 0 Å². The van der Waals surface area contributed by atoms with E-state index < -0.39 is 10.0 Å². The molecular formula is C16H24N2O4S. The first-order valence-corrected chi connectivity index (χ1v) is 9.27. The van der Waals surface area contributed by atoms with E-state index in [1.54, 1.807) is 31.3 Å². The third-order valence-electron chi connectivity index (χ3n) is 3.90. The minimum atomic E-state index is -3.52. The lowest BCUT2D eigenvalue weighted by Gasteiger charge is -2.30. The lowest BCUT2D eigenvalue weighted by atomic mass is 9.97. The van der Waals surface area contributed by atoms with Gasteiger partial charge in [-0.15, -0.1) is 0 Å². The first-order valence-electron chi connectivity index (χ1n) is 7.83. The van der Waals surface area contributed by atoms with E-state index in [1.807, 2.05) is 13.8 Å². The summed E-state index contributed by atoms with van der Waals surface area (Å²) in [6.07, 6.45) is 1.14. The fraction of sp³-hybridized carbons (Fsp3) is 0.562. The summed E-state index contributed by atoms with van der Waals surface area (Å²) < 4.78 is 32.3. The van der Waals surface area contributed by atoms with Crippen molar-refractivity contribution < 1.29 is 17.9 Å². The van der Waals surface area contributed by atoms with Gasteiger partial charge in [0, 0.05) is 26.1 Å². The van der Waals surface area contributed by atoms with Gasteiger partial charge in [-0.1, -0.05) is 0 Å². The van der Waals surface area contributed by atoms with Crippen LogP contribution in [-0.2, 0) is 14.8 Å². The molecule has 2 rings (SSSR count). The number of benzene rings is 1. The Labute approximate surface area is 137 Å². The van der Waals surface area contributed by atoms with Gasteiger partial charge in [0.2, 0.25) is 15.9 Å². The standard InChI is InChI=1S/C16H24N2O4S/c1-12(2)22-14-4-6-15(7-5-14)23(20,21)18-10-8-13(9-11-18)16(19)17-3/h4-7,12-13H,8-11H2,1-3H3,(H,17,19). The summed E-state index contributed by atoms with van der Waals surface area (Å²) in [6.45, 7) is 4.57. The lowest BCUT2D eigenvalue weighted by molar-refractivity contribution is -0.125. The summed E-state index contributed by atoms with van der Waals surface area (Å²) >= 11 is 0. The average Bonchev–Trinajstić information content (AvgIpc) is 2.54. The van der Waals surface area contributed by atoms with Crippen molar-refractivity contribution in [3.8, 4) is 5.75 Å². The van der Waals surface area contributed by atoms with Crippen molar-refractivity contribution in [2.45, 2.75) is 37.7 Å². The number of nitrogens with one attached hydrogen (secondary N) is 1. The highest BCUT2D eigenvalue weighted by atomic mass is 32.2. The number of nitrogens with zero attached hydrogens (tertiary/aromatic N) is 1. The summed E-state index contributed by atoms with van der Waals surface area (Å²) in [6, 6.07) is 6.48. The molecular weight excluding hydrogens is 316 g/mol. The van der Waals surface area contributed by atoms with Gasteiger partial charge in [-0.2, -0.15) is 4.31 Å². The van der Waals surface area contributed by atoms with Crippen LogP contribution in [0.25, 0.3) is 0 Å². The maximum atomic E-state index is 12.7. The number of piperidine rings is 1. The summed E-state index contributed by atoms with van der Waals surface area (Å²) in [7, 11) is -1.91. The van der Waals surface area contributed by atoms with Gasteiger partial charge in [-0.3, -0.25) is 4.79 Å². The maximum Gasteiger partial charge on any atom is 0.243 e. The zero-order chi connectivity index (χ0) is 17.0. The molecule has 1 aromatic rings. The molecule has 1 aliphatic rings. The van der Waals surface area contributed by atoms with Crippen LogP contribution < -0.4 is 10.1 Å². The fourth-order valence-electron chi connectivity index (χ4n) is 2.67. The minimum absolute atomic E-state index is 0.0164. The number of sulfonamides is 1. The van der Waals surface area contributed by atoms with Crippen LogP contribution in [0, 0.1) is 5.92 Å². The second-order valence-corrected chi connectivity index (χ2v) is 7.87. The van der Waals surface area contributed by atoms with Crippen molar-refractivity contribution in [3.63, 3.8) is 0 Å². The van der Waals surface area contributed by atoms with E-state index >= 15 is 0 Å². The molecule has 0 bridgehead atoms. The number of carbonyl (C=O) groups is 1. The molecule has 7 heteroatoms. The monoisotopic (exact) mass is 340 g/mol. The molecule has 1 amide bonds. The molecule has 0 aromatic heterocycles. The molecule has 0 spiro atoms.